The molecule has 0 spiro atoms. The van der Waals surface area contributed by atoms with E-state index >= 15 is 0 Å². The summed E-state index contributed by atoms with van der Waals surface area (Å²) in [6.07, 6.45) is 0. The van der Waals surface area contributed by atoms with Gasteiger partial charge in [-0.25, -0.2) is 4.85 Å². The first kappa shape index (κ1) is 60.9. The molecule has 0 radical (unpaired) electrons. The minimum atomic E-state index is -0.341. The maximum Gasteiger partial charge on any atom is 0.247 e. The quantitative estimate of drug-likeness (QED) is 0.112. The standard InChI is InChI=1S/C93H74BN5/c1-91(2,3)63-43-37-59(38-44-63)69-25-19-26-70(60-41-47-66(96-10)48-42-60)87(69)88-77-55-67(97-81-29-15-11-21-73(81)74-22-12-16-30-82(74)97)49-51-79(77)94-80-52-50-68(98-83-31-17-13-23-75(83)76-24-14-18-32-84(76)98)56-85(80)99(86-54-65(93(7,8)9)53-78(88)89(86)94)90-71(61-35-33-58(57-95)34-36-61)27-20-28-72(90)62-39-45-64(46-40-62)92(4,5)6/h11-56,88H,1-9H3. The minimum absolute atomic E-state index is 0.0539. The van der Waals surface area contributed by atoms with Crippen molar-refractivity contribution in [1.29, 1.82) is 5.26 Å². The highest BCUT2D eigenvalue weighted by Crippen LogP contribution is 2.53. The second-order valence-electron chi connectivity index (χ2n) is 30.2. The van der Waals surface area contributed by atoms with E-state index in [2.05, 4.69) is 342 Å². The lowest BCUT2D eigenvalue weighted by Crippen LogP contribution is -2.62. The van der Waals surface area contributed by atoms with Gasteiger partial charge in [0.25, 0.3) is 0 Å². The average Bonchev–Trinajstić information content (AvgIpc) is 1.06. The van der Waals surface area contributed by atoms with Gasteiger partial charge in [-0.05, 0) is 161 Å². The summed E-state index contributed by atoms with van der Waals surface area (Å²) in [4.78, 5) is 6.57. The Morgan fingerprint density at radius 2 is 0.798 bits per heavy atom. The molecule has 1 atom stereocenters. The molecule has 99 heavy (non-hydrogen) atoms. The summed E-state index contributed by atoms with van der Waals surface area (Å²) in [6, 6.07) is 106. The van der Waals surface area contributed by atoms with Crippen molar-refractivity contribution in [1.82, 2.24) is 9.13 Å². The number of nitrogens with zero attached hydrogens (tertiary/aromatic N) is 5. The number of rotatable bonds is 8. The third-order valence-electron chi connectivity index (χ3n) is 21.2. The van der Waals surface area contributed by atoms with Crippen LogP contribution in [0.4, 0.5) is 22.7 Å². The van der Waals surface area contributed by atoms with Crippen LogP contribution in [0.3, 0.4) is 0 Å². The molecule has 0 amide bonds. The Hall–Kier alpha value is -11.7. The summed E-state index contributed by atoms with van der Waals surface area (Å²) in [5.41, 5.74) is 30.7. The van der Waals surface area contributed by atoms with E-state index in [9.17, 15) is 5.26 Å². The molecule has 13 aromatic carbocycles. The van der Waals surface area contributed by atoms with Gasteiger partial charge in [0, 0.05) is 61.3 Å². The largest absolute Gasteiger partial charge is 0.310 e. The molecule has 0 aliphatic carbocycles. The molecule has 0 saturated carbocycles. The Morgan fingerprint density at radius 1 is 0.384 bits per heavy atom. The molecule has 15 aromatic rings. The van der Waals surface area contributed by atoms with Gasteiger partial charge in [0.05, 0.1) is 46.0 Å². The number of nitriles is 1. The van der Waals surface area contributed by atoms with Gasteiger partial charge in [-0.15, -0.1) is 0 Å². The zero-order chi connectivity index (χ0) is 67.8. The molecule has 0 N–H and O–H groups in total. The van der Waals surface area contributed by atoms with Gasteiger partial charge in [0.1, 0.15) is 0 Å². The maximum atomic E-state index is 10.3. The highest BCUT2D eigenvalue weighted by atomic mass is 15.2. The molecule has 2 aliphatic heterocycles. The molecule has 17 rings (SSSR count). The van der Waals surface area contributed by atoms with E-state index in [4.69, 9.17) is 6.57 Å². The second kappa shape index (κ2) is 23.0. The molecular formula is C93H74BN5. The Labute approximate surface area is 581 Å². The predicted molar refractivity (Wildman–Crippen MR) is 417 cm³/mol. The number of hydrogen-bond donors (Lipinski definition) is 0. The van der Waals surface area contributed by atoms with Crippen molar-refractivity contribution < 1.29 is 0 Å². The van der Waals surface area contributed by atoms with E-state index in [-0.39, 0.29) is 28.9 Å². The van der Waals surface area contributed by atoms with Crippen LogP contribution < -0.4 is 21.3 Å². The van der Waals surface area contributed by atoms with Crippen LogP contribution in [-0.4, -0.2) is 15.8 Å². The molecule has 0 bridgehead atoms. The topological polar surface area (TPSA) is 41.2 Å². The van der Waals surface area contributed by atoms with Crippen molar-refractivity contribution in [2.24, 2.45) is 0 Å². The Kier molecular flexibility index (Phi) is 14.1. The molecule has 6 heteroatoms. The molecule has 0 fully saturated rings. The summed E-state index contributed by atoms with van der Waals surface area (Å²) in [5, 5.41) is 15.2. The third kappa shape index (κ3) is 9.95. The molecule has 0 saturated heterocycles. The first-order valence-electron chi connectivity index (χ1n) is 34.6. The van der Waals surface area contributed by atoms with Gasteiger partial charge in [0.15, 0.2) is 5.69 Å². The highest BCUT2D eigenvalue weighted by Gasteiger charge is 2.47. The van der Waals surface area contributed by atoms with Crippen molar-refractivity contribution in [3.63, 3.8) is 0 Å². The van der Waals surface area contributed by atoms with Gasteiger partial charge < -0.3 is 14.0 Å². The van der Waals surface area contributed by atoms with Crippen LogP contribution in [0.25, 0.3) is 104 Å². The fourth-order valence-corrected chi connectivity index (χ4v) is 16.3. The molecule has 474 valence electrons. The Morgan fingerprint density at radius 3 is 1.25 bits per heavy atom. The van der Waals surface area contributed by atoms with Crippen LogP contribution in [0.15, 0.2) is 279 Å². The Bertz CT molecular complexity index is 5410. The van der Waals surface area contributed by atoms with E-state index < -0.39 is 0 Å². The monoisotopic (exact) mass is 1270 g/mol. The minimum Gasteiger partial charge on any atom is -0.310 e. The third-order valence-corrected chi connectivity index (χ3v) is 21.2. The fraction of sp³-hybridized carbons (Fsp3) is 0.140. The van der Waals surface area contributed by atoms with Gasteiger partial charge in [-0.3, -0.25) is 0 Å². The smallest absolute Gasteiger partial charge is 0.247 e. The number of aromatic nitrogens is 2. The summed E-state index contributed by atoms with van der Waals surface area (Å²) < 4.78 is 4.95. The van der Waals surface area contributed by atoms with Gasteiger partial charge in [-0.2, -0.15) is 5.26 Å². The predicted octanol–water partition coefficient (Wildman–Crippen LogP) is 22.7. The average molecular weight is 1270 g/mol. The van der Waals surface area contributed by atoms with Crippen molar-refractivity contribution in [3.05, 3.63) is 329 Å². The summed E-state index contributed by atoms with van der Waals surface area (Å²) in [6.45, 7) is 28.7. The molecule has 2 aromatic heterocycles. The lowest BCUT2D eigenvalue weighted by molar-refractivity contribution is 0.589. The molecular weight excluding hydrogens is 1200 g/mol. The van der Waals surface area contributed by atoms with Crippen LogP contribution in [0.1, 0.15) is 107 Å². The molecule has 4 heterocycles. The first-order chi connectivity index (χ1) is 47.9. The number of anilines is 3. The molecule has 1 unspecified atom stereocenters. The van der Waals surface area contributed by atoms with Gasteiger partial charge in [0.2, 0.25) is 6.71 Å². The van der Waals surface area contributed by atoms with E-state index in [0.717, 1.165) is 95.0 Å². The molecule has 2 aliphatic rings. The summed E-state index contributed by atoms with van der Waals surface area (Å²) in [5.74, 6) is -0.340. The first-order valence-corrected chi connectivity index (χ1v) is 34.6. The maximum absolute atomic E-state index is 10.3. The van der Waals surface area contributed by atoms with Crippen LogP contribution in [0.5, 0.6) is 0 Å². The fourth-order valence-electron chi connectivity index (χ4n) is 16.3. The Balaban J connectivity index is 1.05. The zero-order valence-corrected chi connectivity index (χ0v) is 57.4. The number of benzene rings is 13. The lowest BCUT2D eigenvalue weighted by atomic mass is 9.31. The van der Waals surface area contributed by atoms with Crippen molar-refractivity contribution >= 4 is 89.5 Å². The van der Waals surface area contributed by atoms with Gasteiger partial charge >= 0.3 is 0 Å². The van der Waals surface area contributed by atoms with E-state index in [0.29, 0.717) is 11.3 Å². The second-order valence-corrected chi connectivity index (χ2v) is 30.2. The van der Waals surface area contributed by atoms with E-state index in [1.165, 1.54) is 71.3 Å². The van der Waals surface area contributed by atoms with E-state index in [1.54, 1.807) is 0 Å². The van der Waals surface area contributed by atoms with Crippen molar-refractivity contribution in [2.45, 2.75) is 84.5 Å². The van der Waals surface area contributed by atoms with Crippen LogP contribution in [0, 0.1) is 17.9 Å². The van der Waals surface area contributed by atoms with E-state index in [1.807, 2.05) is 24.3 Å². The number of hydrogen-bond acceptors (Lipinski definition) is 2. The number of para-hydroxylation sites is 5. The summed E-state index contributed by atoms with van der Waals surface area (Å²) >= 11 is 0. The zero-order valence-electron chi connectivity index (χ0n) is 57.4. The molecule has 5 nitrogen and oxygen atoms in total. The van der Waals surface area contributed by atoms with Crippen molar-refractivity contribution in [2.75, 3.05) is 4.90 Å². The lowest BCUT2D eigenvalue weighted by Gasteiger charge is -2.45. The highest BCUT2D eigenvalue weighted by molar-refractivity contribution is 6.99. The normalized spacial score (nSPS) is 13.5. The van der Waals surface area contributed by atoms with Crippen molar-refractivity contribution in [3.8, 4) is 62.0 Å². The summed E-state index contributed by atoms with van der Waals surface area (Å²) in [7, 11) is 0. The van der Waals surface area contributed by atoms with Crippen LogP contribution in [0.2, 0.25) is 0 Å². The van der Waals surface area contributed by atoms with Crippen LogP contribution in [-0.2, 0) is 16.2 Å². The SMILES string of the molecule is [C-]#[N+]c1ccc(-c2cccc(-c3ccc(C(C)(C)C)cc3)c2C2c3cc(-n4c5ccccc5c5ccccc54)ccc3B3c4ccc(-n5c6ccccc6c6ccccc65)cc4N(c4c(-c5ccc(C#N)cc5)cccc4-c4ccc(C(C)(C)C)cc4)c4cc(C(C)(C)C)cc2c43)cc1. The van der Waals surface area contributed by atoms with Gasteiger partial charge in [-0.1, -0.05) is 280 Å². The number of fused-ring (bicyclic) bond motifs is 10. The van der Waals surface area contributed by atoms with Crippen LogP contribution >= 0.6 is 0 Å².